The molecule has 1 fully saturated rings. The van der Waals surface area contributed by atoms with E-state index in [9.17, 15) is 13.2 Å². The molecule has 1 atom stereocenters. The van der Waals surface area contributed by atoms with Gasteiger partial charge in [0.25, 0.3) is 0 Å². The summed E-state index contributed by atoms with van der Waals surface area (Å²) >= 11 is 0. The number of benzene rings is 3. The number of fused-ring (bicyclic) bond motifs is 1. The van der Waals surface area contributed by atoms with E-state index < -0.39 is 15.9 Å². The van der Waals surface area contributed by atoms with E-state index in [1.165, 1.54) is 23.5 Å². The molecule has 0 spiro atoms. The first kappa shape index (κ1) is 24.0. The van der Waals surface area contributed by atoms with E-state index in [0.29, 0.717) is 37.7 Å². The Balaban J connectivity index is 1.58. The van der Waals surface area contributed by atoms with Crippen molar-refractivity contribution in [3.05, 3.63) is 60.2 Å². The van der Waals surface area contributed by atoms with Gasteiger partial charge in [-0.15, -0.1) is 0 Å². The molecule has 0 radical (unpaired) electrons. The minimum Gasteiger partial charge on any atom is -0.497 e. The van der Waals surface area contributed by atoms with Crippen LogP contribution in [-0.4, -0.2) is 59.2 Å². The normalized spacial score (nSPS) is 15.6. The third kappa shape index (κ3) is 4.86. The fourth-order valence-electron chi connectivity index (χ4n) is 3.91. The molecule has 0 aliphatic carbocycles. The minimum atomic E-state index is -3.71. The van der Waals surface area contributed by atoms with Crippen LogP contribution in [0.1, 0.15) is 18.4 Å². The maximum atomic E-state index is 13.1. The molecular weight excluding hydrogens is 456 g/mol. The van der Waals surface area contributed by atoms with Gasteiger partial charge in [0.2, 0.25) is 15.9 Å². The molecule has 9 heteroatoms. The van der Waals surface area contributed by atoms with Crippen molar-refractivity contribution in [3.63, 3.8) is 0 Å². The van der Waals surface area contributed by atoms with Crippen molar-refractivity contribution >= 4 is 32.4 Å². The number of anilines is 1. The zero-order valence-corrected chi connectivity index (χ0v) is 20.2. The molecule has 1 N–H and O–H groups in total. The number of carbonyl (C=O) groups is 1. The van der Waals surface area contributed by atoms with Gasteiger partial charge in [-0.3, -0.25) is 4.79 Å². The number of morpholine rings is 1. The standard InChI is InChI=1S/C25H28N2O6S/c1-17(18-4-5-20-15-21(31-2)7-6-19(20)14-18)25(28)26-23-16-22(8-9-24(23)32-3)34(29,30)27-10-12-33-13-11-27/h4-9,14-17H,10-13H2,1-3H3,(H,26,28). The van der Waals surface area contributed by atoms with Crippen molar-refractivity contribution in [1.29, 1.82) is 0 Å². The molecular formula is C25H28N2O6S. The number of carbonyl (C=O) groups excluding carboxylic acids is 1. The van der Waals surface area contributed by atoms with Crippen molar-refractivity contribution in [3.8, 4) is 11.5 Å². The van der Waals surface area contributed by atoms with Gasteiger partial charge >= 0.3 is 0 Å². The summed E-state index contributed by atoms with van der Waals surface area (Å²) in [6, 6.07) is 16.1. The third-order valence-electron chi connectivity index (χ3n) is 6.00. The van der Waals surface area contributed by atoms with Gasteiger partial charge in [0.1, 0.15) is 11.5 Å². The summed E-state index contributed by atoms with van der Waals surface area (Å²) in [7, 11) is -0.615. The van der Waals surface area contributed by atoms with Crippen molar-refractivity contribution in [2.75, 3.05) is 45.8 Å². The van der Waals surface area contributed by atoms with Crippen LogP contribution >= 0.6 is 0 Å². The van der Waals surface area contributed by atoms with E-state index in [1.807, 2.05) is 36.4 Å². The summed E-state index contributed by atoms with van der Waals surface area (Å²) in [5.41, 5.74) is 1.14. The molecule has 0 saturated carbocycles. The first-order valence-electron chi connectivity index (χ1n) is 11.0. The maximum absolute atomic E-state index is 13.1. The largest absolute Gasteiger partial charge is 0.497 e. The molecule has 3 aromatic rings. The van der Waals surface area contributed by atoms with Crippen LogP contribution < -0.4 is 14.8 Å². The van der Waals surface area contributed by atoms with E-state index in [1.54, 1.807) is 20.1 Å². The molecule has 1 aliphatic rings. The summed E-state index contributed by atoms with van der Waals surface area (Å²) in [6.45, 7) is 3.10. The fourth-order valence-corrected chi connectivity index (χ4v) is 5.35. The van der Waals surface area contributed by atoms with E-state index >= 15 is 0 Å². The molecule has 0 aromatic heterocycles. The Morgan fingerprint density at radius 1 is 0.971 bits per heavy atom. The highest BCUT2D eigenvalue weighted by Crippen LogP contribution is 2.31. The Morgan fingerprint density at radius 2 is 1.68 bits per heavy atom. The maximum Gasteiger partial charge on any atom is 0.243 e. The van der Waals surface area contributed by atoms with Crippen LogP contribution in [0.2, 0.25) is 0 Å². The average Bonchev–Trinajstić information content (AvgIpc) is 2.88. The molecule has 1 heterocycles. The van der Waals surface area contributed by atoms with Crippen LogP contribution in [0.25, 0.3) is 10.8 Å². The summed E-state index contributed by atoms with van der Waals surface area (Å²) < 4.78 is 43.4. The van der Waals surface area contributed by atoms with Crippen LogP contribution in [0.3, 0.4) is 0 Å². The lowest BCUT2D eigenvalue weighted by Gasteiger charge is -2.26. The van der Waals surface area contributed by atoms with Gasteiger partial charge in [-0.25, -0.2) is 8.42 Å². The number of sulfonamides is 1. The smallest absolute Gasteiger partial charge is 0.243 e. The molecule has 180 valence electrons. The van der Waals surface area contributed by atoms with E-state index in [4.69, 9.17) is 14.2 Å². The zero-order chi connectivity index (χ0) is 24.3. The summed E-state index contributed by atoms with van der Waals surface area (Å²) in [6.07, 6.45) is 0. The predicted molar refractivity (Wildman–Crippen MR) is 130 cm³/mol. The van der Waals surface area contributed by atoms with E-state index in [2.05, 4.69) is 5.32 Å². The van der Waals surface area contributed by atoms with Crippen molar-refractivity contribution < 1.29 is 27.4 Å². The molecule has 1 aliphatic heterocycles. The number of hydrogen-bond donors (Lipinski definition) is 1. The number of rotatable bonds is 7. The number of hydrogen-bond acceptors (Lipinski definition) is 6. The minimum absolute atomic E-state index is 0.0952. The second-order valence-electron chi connectivity index (χ2n) is 8.06. The van der Waals surface area contributed by atoms with E-state index in [0.717, 1.165) is 22.1 Å². The molecule has 0 bridgehead atoms. The highest BCUT2D eigenvalue weighted by molar-refractivity contribution is 7.89. The molecule has 1 saturated heterocycles. The summed E-state index contributed by atoms with van der Waals surface area (Å²) in [5.74, 6) is 0.403. The number of nitrogens with one attached hydrogen (secondary N) is 1. The topological polar surface area (TPSA) is 94.2 Å². The Kier molecular flexibility index (Phi) is 7.06. The van der Waals surface area contributed by atoms with Gasteiger partial charge in [0.05, 0.1) is 43.9 Å². The van der Waals surface area contributed by atoms with Crippen molar-refractivity contribution in [2.24, 2.45) is 0 Å². The van der Waals surface area contributed by atoms with Gasteiger partial charge < -0.3 is 19.5 Å². The second-order valence-corrected chi connectivity index (χ2v) is 10.00. The number of nitrogens with zero attached hydrogens (tertiary/aromatic N) is 1. The zero-order valence-electron chi connectivity index (χ0n) is 19.4. The highest BCUT2D eigenvalue weighted by Gasteiger charge is 2.27. The lowest BCUT2D eigenvalue weighted by Crippen LogP contribution is -2.40. The van der Waals surface area contributed by atoms with Crippen LogP contribution in [0.4, 0.5) is 5.69 Å². The predicted octanol–water partition coefficient (Wildman–Crippen LogP) is 3.62. The monoisotopic (exact) mass is 484 g/mol. The summed E-state index contributed by atoms with van der Waals surface area (Å²) in [4.78, 5) is 13.2. The first-order chi connectivity index (χ1) is 16.3. The van der Waals surface area contributed by atoms with Gasteiger partial charge in [0, 0.05) is 13.1 Å². The average molecular weight is 485 g/mol. The quantitative estimate of drug-likeness (QED) is 0.551. The Labute approximate surface area is 199 Å². The van der Waals surface area contributed by atoms with Crippen LogP contribution in [-0.2, 0) is 19.6 Å². The summed E-state index contributed by atoms with van der Waals surface area (Å²) in [5, 5.41) is 4.86. The number of methoxy groups -OCH3 is 2. The highest BCUT2D eigenvalue weighted by atomic mass is 32.2. The van der Waals surface area contributed by atoms with Crippen molar-refractivity contribution in [1.82, 2.24) is 4.31 Å². The first-order valence-corrected chi connectivity index (χ1v) is 12.4. The molecule has 8 nitrogen and oxygen atoms in total. The second kappa shape index (κ2) is 10.0. The number of ether oxygens (including phenoxy) is 3. The van der Waals surface area contributed by atoms with Crippen LogP contribution in [0.5, 0.6) is 11.5 Å². The van der Waals surface area contributed by atoms with Crippen molar-refractivity contribution in [2.45, 2.75) is 17.7 Å². The molecule has 4 rings (SSSR count). The van der Waals surface area contributed by atoms with Gasteiger partial charge in [-0.05, 0) is 53.6 Å². The molecule has 1 unspecified atom stereocenters. The Hall–Kier alpha value is -3.14. The van der Waals surface area contributed by atoms with Crippen LogP contribution in [0, 0.1) is 0 Å². The Bertz CT molecular complexity index is 1300. The van der Waals surface area contributed by atoms with Gasteiger partial charge in [-0.1, -0.05) is 24.3 Å². The van der Waals surface area contributed by atoms with Gasteiger partial charge in [-0.2, -0.15) is 4.31 Å². The lowest BCUT2D eigenvalue weighted by molar-refractivity contribution is -0.117. The molecule has 34 heavy (non-hydrogen) atoms. The SMILES string of the molecule is COc1ccc2cc(C(C)C(=O)Nc3cc(S(=O)(=O)N4CCOCC4)ccc3OC)ccc2c1. The Morgan fingerprint density at radius 3 is 2.38 bits per heavy atom. The van der Waals surface area contributed by atoms with E-state index in [-0.39, 0.29) is 10.8 Å². The molecule has 1 amide bonds. The third-order valence-corrected chi connectivity index (χ3v) is 7.90. The number of amides is 1. The van der Waals surface area contributed by atoms with Gasteiger partial charge in [0.15, 0.2) is 0 Å². The van der Waals surface area contributed by atoms with Crippen LogP contribution in [0.15, 0.2) is 59.5 Å². The fraction of sp³-hybridized carbons (Fsp3) is 0.320. The lowest BCUT2D eigenvalue weighted by atomic mass is 9.97. The molecule has 3 aromatic carbocycles.